The molecule has 0 bridgehead atoms. The molecule has 2 aromatic rings. The zero-order valence-electron chi connectivity index (χ0n) is 7.89. The number of aromatic amines is 1. The number of aromatic hydroxyl groups is 2. The molecule has 82 valence electrons. The van der Waals surface area contributed by atoms with Gasteiger partial charge in [-0.3, -0.25) is 4.79 Å². The number of carboxylic acids is 1. The highest BCUT2D eigenvalue weighted by atomic mass is 16.5. The van der Waals surface area contributed by atoms with E-state index >= 15 is 0 Å². The first-order valence-electron chi connectivity index (χ1n) is 4.32. The van der Waals surface area contributed by atoms with Gasteiger partial charge in [0, 0.05) is 11.5 Å². The van der Waals surface area contributed by atoms with E-state index < -0.39 is 22.9 Å². The Morgan fingerprint density at radius 1 is 1.25 bits per heavy atom. The Balaban J connectivity index is 2.94. The molecule has 0 fully saturated rings. The second kappa shape index (κ2) is 3.27. The summed E-state index contributed by atoms with van der Waals surface area (Å²) < 4.78 is 0. The number of pyridine rings is 1. The molecule has 0 aliphatic rings. The van der Waals surface area contributed by atoms with Gasteiger partial charge in [-0.2, -0.15) is 0 Å². The lowest BCUT2D eigenvalue weighted by Gasteiger charge is -2.04. The summed E-state index contributed by atoms with van der Waals surface area (Å²) in [6.45, 7) is 0. The van der Waals surface area contributed by atoms with Crippen molar-refractivity contribution in [1.29, 1.82) is 0 Å². The number of hydrogen-bond acceptors (Lipinski definition) is 4. The zero-order chi connectivity index (χ0) is 11.9. The molecule has 0 saturated heterocycles. The van der Waals surface area contributed by atoms with Crippen LogP contribution in [0.25, 0.3) is 10.9 Å². The van der Waals surface area contributed by atoms with Crippen LogP contribution in [0.3, 0.4) is 0 Å². The number of fused-ring (bicyclic) bond motifs is 1. The second-order valence-corrected chi connectivity index (χ2v) is 3.21. The molecular formula is C10H7NO5. The van der Waals surface area contributed by atoms with Crippen molar-refractivity contribution in [2.24, 2.45) is 0 Å². The first kappa shape index (κ1) is 10.0. The van der Waals surface area contributed by atoms with Gasteiger partial charge < -0.3 is 20.3 Å². The number of phenols is 2. The fourth-order valence-electron chi connectivity index (χ4n) is 1.41. The second-order valence-electron chi connectivity index (χ2n) is 3.21. The van der Waals surface area contributed by atoms with E-state index in [0.717, 1.165) is 12.1 Å². The molecule has 0 atom stereocenters. The topological polar surface area (TPSA) is 111 Å². The van der Waals surface area contributed by atoms with Gasteiger partial charge in [-0.25, -0.2) is 4.79 Å². The van der Waals surface area contributed by atoms with Gasteiger partial charge in [-0.1, -0.05) is 0 Å². The molecule has 2 rings (SSSR count). The molecule has 0 radical (unpaired) electrons. The maximum Gasteiger partial charge on any atom is 0.352 e. The van der Waals surface area contributed by atoms with Gasteiger partial charge in [-0.15, -0.1) is 0 Å². The highest BCUT2D eigenvalue weighted by Crippen LogP contribution is 2.30. The Kier molecular flexibility index (Phi) is 2.05. The van der Waals surface area contributed by atoms with Gasteiger partial charge >= 0.3 is 5.97 Å². The van der Waals surface area contributed by atoms with Gasteiger partial charge in [-0.05, 0) is 12.1 Å². The van der Waals surface area contributed by atoms with Crippen molar-refractivity contribution in [2.45, 2.75) is 0 Å². The summed E-state index contributed by atoms with van der Waals surface area (Å²) in [7, 11) is 0. The Morgan fingerprint density at radius 3 is 2.56 bits per heavy atom. The van der Waals surface area contributed by atoms with Crippen molar-refractivity contribution >= 4 is 16.9 Å². The fraction of sp³-hybridized carbons (Fsp3) is 0. The quantitative estimate of drug-likeness (QED) is 0.420. The van der Waals surface area contributed by atoms with E-state index in [4.69, 9.17) is 5.11 Å². The summed E-state index contributed by atoms with van der Waals surface area (Å²) in [4.78, 5) is 24.5. The molecule has 0 unspecified atom stereocenters. The van der Waals surface area contributed by atoms with Crippen LogP contribution in [0.5, 0.6) is 11.5 Å². The van der Waals surface area contributed by atoms with Crippen LogP contribution >= 0.6 is 0 Å². The van der Waals surface area contributed by atoms with E-state index in [1.807, 2.05) is 0 Å². The van der Waals surface area contributed by atoms with Crippen molar-refractivity contribution in [1.82, 2.24) is 4.98 Å². The van der Waals surface area contributed by atoms with Crippen molar-refractivity contribution < 1.29 is 20.1 Å². The average molecular weight is 225 g/mol. The molecule has 16 heavy (non-hydrogen) atoms. The minimum atomic E-state index is -1.32. The van der Waals surface area contributed by atoms with E-state index in [9.17, 15) is 19.8 Å². The maximum absolute atomic E-state index is 11.5. The Hall–Kier alpha value is -2.50. The van der Waals surface area contributed by atoms with Crippen molar-refractivity contribution in [3.8, 4) is 11.5 Å². The van der Waals surface area contributed by atoms with Gasteiger partial charge in [0.05, 0.1) is 5.52 Å². The molecule has 0 spiro atoms. The predicted molar refractivity (Wildman–Crippen MR) is 54.9 cm³/mol. The number of nitrogens with one attached hydrogen (secondary N) is 1. The molecule has 1 aromatic heterocycles. The average Bonchev–Trinajstić information content (AvgIpc) is 2.23. The molecule has 1 heterocycles. The normalized spacial score (nSPS) is 10.5. The predicted octanol–water partition coefficient (Wildman–Crippen LogP) is 0.637. The van der Waals surface area contributed by atoms with Crippen molar-refractivity contribution in [2.75, 3.05) is 0 Å². The molecule has 0 saturated carbocycles. The first-order valence-corrected chi connectivity index (χ1v) is 4.32. The Morgan fingerprint density at radius 2 is 1.94 bits per heavy atom. The number of phenolic OH excluding ortho intramolecular Hbond substituents is 2. The van der Waals surface area contributed by atoms with Gasteiger partial charge in [0.25, 0.3) is 0 Å². The summed E-state index contributed by atoms with van der Waals surface area (Å²) >= 11 is 0. The molecule has 0 aliphatic carbocycles. The SMILES string of the molecule is O=[13C](O)[13c]1[13cH][13c](=O)c2ccc(O)c(O)c2[nH]1. The highest BCUT2D eigenvalue weighted by Gasteiger charge is 2.12. The zero-order valence-corrected chi connectivity index (χ0v) is 7.89. The largest absolute Gasteiger partial charge is 0.504 e. The summed E-state index contributed by atoms with van der Waals surface area (Å²) in [5.41, 5.74) is -0.982. The van der Waals surface area contributed by atoms with E-state index in [2.05, 4.69) is 4.98 Å². The molecule has 0 aliphatic heterocycles. The molecular weight excluding hydrogens is 218 g/mol. The van der Waals surface area contributed by atoms with Crippen LogP contribution in [0, 0.1) is 0 Å². The number of H-pyrrole nitrogens is 1. The fourth-order valence-corrected chi connectivity index (χ4v) is 1.41. The monoisotopic (exact) mass is 225 g/mol. The summed E-state index contributed by atoms with van der Waals surface area (Å²) in [6.07, 6.45) is 0. The summed E-state index contributed by atoms with van der Waals surface area (Å²) in [6, 6.07) is 3.38. The summed E-state index contributed by atoms with van der Waals surface area (Å²) in [5.74, 6) is -2.29. The molecule has 0 amide bonds. The van der Waals surface area contributed by atoms with E-state index in [1.54, 1.807) is 0 Å². The van der Waals surface area contributed by atoms with Crippen LogP contribution in [0.1, 0.15) is 10.5 Å². The Labute approximate surface area is 88.4 Å². The lowest BCUT2D eigenvalue weighted by Crippen LogP contribution is -2.09. The molecule has 1 aromatic carbocycles. The van der Waals surface area contributed by atoms with Crippen LogP contribution in [-0.4, -0.2) is 26.3 Å². The lowest BCUT2D eigenvalue weighted by atomic mass is 10.2. The van der Waals surface area contributed by atoms with Crippen molar-refractivity contribution in [3.63, 3.8) is 0 Å². The van der Waals surface area contributed by atoms with Crippen LogP contribution < -0.4 is 5.43 Å². The lowest BCUT2D eigenvalue weighted by molar-refractivity contribution is 0.0691. The van der Waals surface area contributed by atoms with Crippen molar-refractivity contribution in [3.05, 3.63) is 34.1 Å². The van der Waals surface area contributed by atoms with Gasteiger partial charge in [0.15, 0.2) is 16.9 Å². The first-order chi connectivity index (χ1) is 7.50. The Bertz CT molecular complexity index is 643. The van der Waals surface area contributed by atoms with E-state index in [0.29, 0.717) is 0 Å². The number of benzene rings is 1. The van der Waals surface area contributed by atoms with Gasteiger partial charge in [0.2, 0.25) is 0 Å². The number of hydrogen-bond donors (Lipinski definition) is 4. The summed E-state index contributed by atoms with van der Waals surface area (Å²) in [5, 5.41) is 27.5. The highest BCUT2D eigenvalue weighted by molar-refractivity contribution is 5.92. The number of carboxylic acid groups (broad SMARTS) is 1. The third-order valence-electron chi connectivity index (χ3n) is 2.19. The minimum Gasteiger partial charge on any atom is -0.504 e. The third-order valence-corrected chi connectivity index (χ3v) is 2.19. The van der Waals surface area contributed by atoms with Crippen LogP contribution in [0.2, 0.25) is 0 Å². The smallest absolute Gasteiger partial charge is 0.352 e. The van der Waals surface area contributed by atoms with E-state index in [-0.39, 0.29) is 16.6 Å². The number of aromatic nitrogens is 1. The number of aromatic carboxylic acids is 1. The van der Waals surface area contributed by atoms with Crippen LogP contribution in [0.15, 0.2) is 23.0 Å². The maximum atomic E-state index is 11.5. The third kappa shape index (κ3) is 1.36. The number of carbonyl (C=O) groups is 1. The van der Waals surface area contributed by atoms with Crippen LogP contribution in [-0.2, 0) is 0 Å². The van der Waals surface area contributed by atoms with E-state index in [1.165, 1.54) is 6.07 Å². The molecule has 4 N–H and O–H groups in total. The van der Waals surface area contributed by atoms with Gasteiger partial charge in [0.1, 0.15) is 5.69 Å². The number of rotatable bonds is 1. The standard InChI is InChI=1S/C10H7NO5/c12-6-2-1-4-7(13)3-5(10(15)16)11-8(4)9(6)14/h1-3,12,14H,(H,11,13)(H,15,16)/i3+1,5+1,7+1,10+1. The minimum absolute atomic E-state index is 0.0927. The molecule has 6 heteroatoms. The molecule has 6 nitrogen and oxygen atoms in total. The van der Waals surface area contributed by atoms with Crippen LogP contribution in [0.4, 0.5) is 0 Å².